The van der Waals surface area contributed by atoms with Gasteiger partial charge in [0.15, 0.2) is 17.3 Å². The number of halogens is 2. The summed E-state index contributed by atoms with van der Waals surface area (Å²) in [7, 11) is 1.35. The van der Waals surface area contributed by atoms with Crippen LogP contribution in [0, 0.1) is 23.0 Å². The number of nitrogens with zero attached hydrogens (tertiary/aromatic N) is 5. The summed E-state index contributed by atoms with van der Waals surface area (Å²) in [6.07, 6.45) is 7.31. The number of pyridine rings is 1. The van der Waals surface area contributed by atoms with E-state index in [9.17, 15) is 14.0 Å². The molecular formula is C26H26F2N6O. The summed E-state index contributed by atoms with van der Waals surface area (Å²) in [5.74, 6) is -1.35. The van der Waals surface area contributed by atoms with Gasteiger partial charge in [-0.25, -0.2) is 13.8 Å². The third-order valence-electron chi connectivity index (χ3n) is 6.88. The molecule has 0 atom stereocenters. The molecular weight excluding hydrogens is 450 g/mol. The number of nitrogens with one attached hydrogen (secondary N) is 1. The van der Waals surface area contributed by atoms with Gasteiger partial charge < -0.3 is 14.6 Å². The van der Waals surface area contributed by atoms with Crippen LogP contribution in [-0.2, 0) is 6.42 Å². The number of likely N-dealkylation sites (tertiary alicyclic amines) is 1. The first-order chi connectivity index (χ1) is 17.0. The summed E-state index contributed by atoms with van der Waals surface area (Å²) in [5.41, 5.74) is 3.00. The number of hydrogen-bond acceptors (Lipinski definition) is 5. The Labute approximate surface area is 202 Å². The van der Waals surface area contributed by atoms with Crippen LogP contribution in [0.25, 0.3) is 22.2 Å². The van der Waals surface area contributed by atoms with Crippen molar-refractivity contribution in [1.82, 2.24) is 24.6 Å². The second-order valence-corrected chi connectivity index (χ2v) is 8.80. The Balaban J connectivity index is 1.49. The van der Waals surface area contributed by atoms with Crippen molar-refractivity contribution in [3.63, 3.8) is 0 Å². The first-order valence-electron chi connectivity index (χ1n) is 11.7. The molecule has 1 aliphatic rings. The maximum Gasteiger partial charge on any atom is 0.171 e. The monoisotopic (exact) mass is 476 g/mol. The zero-order valence-electron chi connectivity index (χ0n) is 19.7. The number of H-pyrrole nitrogens is 1. The van der Waals surface area contributed by atoms with E-state index in [0.717, 1.165) is 43.4 Å². The number of aromatic nitrogens is 4. The lowest BCUT2D eigenvalue weighted by molar-refractivity contribution is 0.187. The molecule has 4 aromatic rings. The third-order valence-corrected chi connectivity index (χ3v) is 6.88. The smallest absolute Gasteiger partial charge is 0.171 e. The van der Waals surface area contributed by atoms with Crippen molar-refractivity contribution in [3.8, 4) is 22.9 Å². The van der Waals surface area contributed by atoms with Crippen molar-refractivity contribution in [2.24, 2.45) is 0 Å². The van der Waals surface area contributed by atoms with Crippen LogP contribution in [0.4, 0.5) is 8.78 Å². The molecule has 1 saturated heterocycles. The fourth-order valence-corrected chi connectivity index (χ4v) is 4.81. The van der Waals surface area contributed by atoms with Gasteiger partial charge in [0.2, 0.25) is 0 Å². The summed E-state index contributed by atoms with van der Waals surface area (Å²) in [5, 5.41) is 15.1. The minimum atomic E-state index is -0.715. The number of nitriles is 1. The highest BCUT2D eigenvalue weighted by molar-refractivity contribution is 5.85. The van der Waals surface area contributed by atoms with E-state index >= 15 is 0 Å². The number of methoxy groups -OCH3 is 1. The van der Waals surface area contributed by atoms with Crippen molar-refractivity contribution in [1.29, 1.82) is 5.26 Å². The van der Waals surface area contributed by atoms with Gasteiger partial charge in [-0.05, 0) is 43.1 Å². The fourth-order valence-electron chi connectivity index (χ4n) is 4.81. The second kappa shape index (κ2) is 9.47. The van der Waals surface area contributed by atoms with E-state index in [1.807, 2.05) is 16.9 Å². The normalized spacial score (nSPS) is 14.9. The maximum absolute atomic E-state index is 14.8. The van der Waals surface area contributed by atoms with E-state index in [1.165, 1.54) is 19.2 Å². The van der Waals surface area contributed by atoms with Crippen molar-refractivity contribution < 1.29 is 13.5 Å². The van der Waals surface area contributed by atoms with E-state index in [2.05, 4.69) is 33.0 Å². The Bertz CT molecular complexity index is 1410. The minimum absolute atomic E-state index is 0.00379. The molecule has 5 rings (SSSR count). The van der Waals surface area contributed by atoms with E-state index in [-0.39, 0.29) is 23.8 Å². The molecule has 0 saturated carbocycles. The van der Waals surface area contributed by atoms with Gasteiger partial charge >= 0.3 is 0 Å². The number of fused-ring (bicyclic) bond motifs is 1. The molecule has 0 amide bonds. The zero-order chi connectivity index (χ0) is 24.5. The minimum Gasteiger partial charge on any atom is -0.494 e. The van der Waals surface area contributed by atoms with Crippen LogP contribution in [0.5, 0.6) is 5.75 Å². The molecule has 3 aromatic heterocycles. The van der Waals surface area contributed by atoms with Gasteiger partial charge in [-0.15, -0.1) is 0 Å². The van der Waals surface area contributed by atoms with E-state index in [1.54, 1.807) is 12.4 Å². The number of hydrogen-bond donors (Lipinski definition) is 1. The van der Waals surface area contributed by atoms with Crippen LogP contribution in [0.15, 0.2) is 36.8 Å². The molecule has 0 bridgehead atoms. The Hall–Kier alpha value is -3.77. The van der Waals surface area contributed by atoms with E-state index < -0.39 is 11.6 Å². The van der Waals surface area contributed by atoms with Crippen LogP contribution in [0.1, 0.15) is 42.6 Å². The quantitative estimate of drug-likeness (QED) is 0.431. The standard InChI is InChI=1S/C26H26F2N6O/c1-3-33-8-6-18(7-9-33)34-15-21(23(12-29)32-34)17-10-19-16(13-30-26(19)31-14-17)11-20-22(27)4-5-24(35-2)25(20)28/h4-5,10,13-15,18H,3,6-9,11H2,1-2H3,(H,30,31). The molecule has 4 heterocycles. The van der Waals surface area contributed by atoms with Crippen LogP contribution >= 0.6 is 0 Å². The summed E-state index contributed by atoms with van der Waals surface area (Å²) in [4.78, 5) is 9.98. The number of piperidine rings is 1. The highest BCUT2D eigenvalue weighted by Gasteiger charge is 2.23. The van der Waals surface area contributed by atoms with Gasteiger partial charge in [0, 0.05) is 60.2 Å². The van der Waals surface area contributed by atoms with Crippen molar-refractivity contribution in [2.75, 3.05) is 26.7 Å². The molecule has 1 aliphatic heterocycles. The predicted molar refractivity (Wildman–Crippen MR) is 128 cm³/mol. The number of ether oxygens (including phenoxy) is 1. The molecule has 9 heteroatoms. The molecule has 0 unspecified atom stereocenters. The molecule has 0 aliphatic carbocycles. The van der Waals surface area contributed by atoms with Crippen molar-refractivity contribution in [3.05, 3.63) is 65.2 Å². The summed E-state index contributed by atoms with van der Waals surface area (Å²) < 4.78 is 36.1. The molecule has 1 N–H and O–H groups in total. The largest absolute Gasteiger partial charge is 0.494 e. The summed E-state index contributed by atoms with van der Waals surface area (Å²) >= 11 is 0. The van der Waals surface area contributed by atoms with E-state index in [4.69, 9.17) is 4.74 Å². The Kier molecular flexibility index (Phi) is 6.22. The van der Waals surface area contributed by atoms with Gasteiger partial charge in [-0.2, -0.15) is 10.4 Å². The predicted octanol–water partition coefficient (Wildman–Crippen LogP) is 4.83. The molecule has 180 valence electrons. The first-order valence-corrected chi connectivity index (χ1v) is 11.7. The Morgan fingerprint density at radius 3 is 2.77 bits per heavy atom. The second-order valence-electron chi connectivity index (χ2n) is 8.80. The van der Waals surface area contributed by atoms with Crippen LogP contribution in [0.2, 0.25) is 0 Å². The third kappa shape index (κ3) is 4.26. The van der Waals surface area contributed by atoms with E-state index in [0.29, 0.717) is 22.5 Å². The van der Waals surface area contributed by atoms with Gasteiger partial charge in [-0.1, -0.05) is 6.92 Å². The molecule has 1 fully saturated rings. The first kappa shape index (κ1) is 23.0. The molecule has 0 spiro atoms. The van der Waals surface area contributed by atoms with Gasteiger partial charge in [0.1, 0.15) is 17.5 Å². The van der Waals surface area contributed by atoms with Gasteiger partial charge in [0.25, 0.3) is 0 Å². The molecule has 1 aromatic carbocycles. The van der Waals surface area contributed by atoms with Crippen LogP contribution in [0.3, 0.4) is 0 Å². The topological polar surface area (TPSA) is 82.8 Å². The average Bonchev–Trinajstić information content (AvgIpc) is 3.50. The Morgan fingerprint density at radius 1 is 1.26 bits per heavy atom. The highest BCUT2D eigenvalue weighted by atomic mass is 19.1. The lowest BCUT2D eigenvalue weighted by atomic mass is 10.0. The van der Waals surface area contributed by atoms with Gasteiger partial charge in [-0.3, -0.25) is 4.68 Å². The molecule has 0 radical (unpaired) electrons. The molecule has 7 nitrogen and oxygen atoms in total. The lowest BCUT2D eigenvalue weighted by Gasteiger charge is -2.31. The summed E-state index contributed by atoms with van der Waals surface area (Å²) in [6, 6.07) is 6.83. The van der Waals surface area contributed by atoms with Crippen molar-refractivity contribution >= 4 is 11.0 Å². The number of aromatic amines is 1. The zero-order valence-corrected chi connectivity index (χ0v) is 19.7. The number of benzene rings is 1. The average molecular weight is 477 g/mol. The van der Waals surface area contributed by atoms with Crippen molar-refractivity contribution in [2.45, 2.75) is 32.2 Å². The lowest BCUT2D eigenvalue weighted by Crippen LogP contribution is -2.34. The maximum atomic E-state index is 14.8. The van der Waals surface area contributed by atoms with Crippen LogP contribution < -0.4 is 4.74 Å². The van der Waals surface area contributed by atoms with Gasteiger partial charge in [0.05, 0.1) is 13.2 Å². The van der Waals surface area contributed by atoms with Crippen LogP contribution in [-0.4, -0.2) is 51.4 Å². The SMILES string of the molecule is CCN1CCC(n2cc(-c3cnc4[nH]cc(Cc5c(F)ccc(OC)c5F)c4c3)c(C#N)n2)CC1. The molecule has 35 heavy (non-hydrogen) atoms. The Morgan fingerprint density at radius 2 is 2.06 bits per heavy atom. The summed E-state index contributed by atoms with van der Waals surface area (Å²) in [6.45, 7) is 5.22. The fraction of sp³-hybridized carbons (Fsp3) is 0.346. The number of rotatable bonds is 6. The highest BCUT2D eigenvalue weighted by Crippen LogP contribution is 2.32.